The molecule has 0 spiro atoms. The summed E-state index contributed by atoms with van der Waals surface area (Å²) in [6.45, 7) is 2.03. The zero-order valence-corrected chi connectivity index (χ0v) is 12.3. The van der Waals surface area contributed by atoms with Crippen LogP contribution in [0.25, 0.3) is 0 Å². The molecule has 108 valence electrons. The van der Waals surface area contributed by atoms with Gasteiger partial charge in [-0.15, -0.1) is 0 Å². The summed E-state index contributed by atoms with van der Waals surface area (Å²) in [7, 11) is -4.29. The number of benzene rings is 1. The summed E-state index contributed by atoms with van der Waals surface area (Å²) in [4.78, 5) is -0.254. The molecule has 0 aliphatic carbocycles. The Balaban J connectivity index is 3.00. The number of unbranched alkanes of at least 4 members (excludes halogenated alkanes) is 2. The van der Waals surface area contributed by atoms with Gasteiger partial charge in [0.1, 0.15) is 0 Å². The first-order chi connectivity index (χ1) is 8.86. The summed E-state index contributed by atoms with van der Waals surface area (Å²) in [6.07, 6.45) is 3.25. The minimum atomic E-state index is -4.29. The molecule has 0 fully saturated rings. The van der Waals surface area contributed by atoms with E-state index >= 15 is 0 Å². The van der Waals surface area contributed by atoms with Gasteiger partial charge < -0.3 is 4.55 Å². The van der Waals surface area contributed by atoms with Gasteiger partial charge in [0.15, 0.2) is 11.1 Å². The van der Waals surface area contributed by atoms with E-state index in [0.29, 0.717) is 12.0 Å². The zero-order chi connectivity index (χ0) is 14.5. The van der Waals surface area contributed by atoms with E-state index in [0.717, 1.165) is 19.3 Å². The van der Waals surface area contributed by atoms with Gasteiger partial charge in [-0.25, -0.2) is 4.21 Å². The van der Waals surface area contributed by atoms with Crippen LogP contribution < -0.4 is 0 Å². The van der Waals surface area contributed by atoms with Crippen LogP contribution in [0.5, 0.6) is 0 Å². The minimum Gasteiger partial charge on any atom is -0.306 e. The van der Waals surface area contributed by atoms with E-state index in [-0.39, 0.29) is 4.90 Å². The summed E-state index contributed by atoms with van der Waals surface area (Å²) >= 11 is -2.07. The van der Waals surface area contributed by atoms with Gasteiger partial charge in [0.2, 0.25) is 0 Å². The van der Waals surface area contributed by atoms with Gasteiger partial charge in [0.25, 0.3) is 10.1 Å². The monoisotopic (exact) mass is 306 g/mol. The molecule has 1 aromatic rings. The quantitative estimate of drug-likeness (QED) is 0.459. The molecule has 1 rings (SSSR count). The lowest BCUT2D eigenvalue weighted by Crippen LogP contribution is -2.07. The van der Waals surface area contributed by atoms with E-state index in [2.05, 4.69) is 0 Å². The van der Waals surface area contributed by atoms with Crippen molar-refractivity contribution in [1.82, 2.24) is 0 Å². The minimum absolute atomic E-state index is 0.254. The third-order valence-electron chi connectivity index (χ3n) is 2.84. The Hall–Kier alpha value is -0.760. The lowest BCUT2D eigenvalue weighted by molar-refractivity contribution is 0.482. The smallest absolute Gasteiger partial charge is 0.294 e. The third-order valence-corrected chi connectivity index (χ3v) is 4.69. The molecule has 0 bridgehead atoms. The summed E-state index contributed by atoms with van der Waals surface area (Å²) in [5.74, 6) is 0. The van der Waals surface area contributed by atoms with Crippen LogP contribution in [0.1, 0.15) is 43.4 Å². The number of hydrogen-bond donors (Lipinski definition) is 2. The van der Waals surface area contributed by atoms with Crippen molar-refractivity contribution in [2.24, 2.45) is 0 Å². The zero-order valence-electron chi connectivity index (χ0n) is 10.7. The lowest BCUT2D eigenvalue weighted by Gasteiger charge is -2.13. The highest BCUT2D eigenvalue weighted by molar-refractivity contribution is 7.85. The lowest BCUT2D eigenvalue weighted by atomic mass is 10.1. The highest BCUT2D eigenvalue weighted by Crippen LogP contribution is 2.27. The van der Waals surface area contributed by atoms with Gasteiger partial charge in [-0.1, -0.05) is 38.3 Å². The van der Waals surface area contributed by atoms with Crippen molar-refractivity contribution in [3.8, 4) is 0 Å². The molecular weight excluding hydrogens is 288 g/mol. The fraction of sp³-hybridized carbons (Fsp3) is 0.500. The molecule has 5 nitrogen and oxygen atoms in total. The van der Waals surface area contributed by atoms with E-state index in [1.807, 2.05) is 6.92 Å². The topological polar surface area (TPSA) is 91.7 Å². The van der Waals surface area contributed by atoms with Crippen LogP contribution in [0, 0.1) is 0 Å². The molecule has 19 heavy (non-hydrogen) atoms. The molecule has 1 aromatic carbocycles. The largest absolute Gasteiger partial charge is 0.306 e. The van der Waals surface area contributed by atoms with Crippen molar-refractivity contribution in [3.05, 3.63) is 29.8 Å². The second-order valence-corrected chi connectivity index (χ2v) is 6.85. The average Bonchev–Trinajstić information content (AvgIpc) is 2.33. The Morgan fingerprint density at radius 1 is 1.32 bits per heavy atom. The fourth-order valence-electron chi connectivity index (χ4n) is 1.84. The molecule has 2 atom stereocenters. The van der Waals surface area contributed by atoms with Crippen molar-refractivity contribution < 1.29 is 21.7 Å². The van der Waals surface area contributed by atoms with E-state index in [9.17, 15) is 17.2 Å². The van der Waals surface area contributed by atoms with Crippen molar-refractivity contribution >= 4 is 21.2 Å². The first kappa shape index (κ1) is 16.3. The van der Waals surface area contributed by atoms with Crippen LogP contribution in [0.2, 0.25) is 0 Å². The Labute approximate surface area is 116 Å². The molecule has 2 N–H and O–H groups in total. The van der Waals surface area contributed by atoms with Crippen molar-refractivity contribution in [2.75, 3.05) is 0 Å². The maximum absolute atomic E-state index is 11.4. The first-order valence-electron chi connectivity index (χ1n) is 6.03. The average molecular weight is 306 g/mol. The summed E-state index contributed by atoms with van der Waals surface area (Å²) in [5.41, 5.74) is 0.451. The van der Waals surface area contributed by atoms with E-state index in [1.165, 1.54) is 18.2 Å². The van der Waals surface area contributed by atoms with Crippen LogP contribution in [0.3, 0.4) is 0 Å². The van der Waals surface area contributed by atoms with Crippen molar-refractivity contribution in [2.45, 2.75) is 42.8 Å². The molecule has 0 heterocycles. The maximum Gasteiger partial charge on any atom is 0.294 e. The van der Waals surface area contributed by atoms with Crippen molar-refractivity contribution in [1.29, 1.82) is 0 Å². The molecule has 0 radical (unpaired) electrons. The van der Waals surface area contributed by atoms with Crippen LogP contribution in [0.4, 0.5) is 0 Å². The Morgan fingerprint density at radius 2 is 2.00 bits per heavy atom. The maximum atomic E-state index is 11.4. The summed E-state index contributed by atoms with van der Waals surface area (Å²) in [6, 6.07) is 5.56. The Kier molecular flexibility index (Phi) is 6.12. The van der Waals surface area contributed by atoms with E-state index in [4.69, 9.17) is 4.55 Å². The standard InChI is InChI=1S/C12H18O5S2/c1-2-3-4-8-12(18(13)14)10-6-5-7-11(9-10)19(15,16)17/h5-7,9,12H,2-4,8H2,1H3,(H,13,14)(H,15,16,17). The highest BCUT2D eigenvalue weighted by atomic mass is 32.2. The highest BCUT2D eigenvalue weighted by Gasteiger charge is 2.19. The third kappa shape index (κ3) is 5.02. The first-order valence-corrected chi connectivity index (χ1v) is 8.64. The SMILES string of the molecule is CCCCCC(c1cccc(S(=O)(=O)O)c1)S(=O)O. The van der Waals surface area contributed by atoms with Crippen molar-refractivity contribution in [3.63, 3.8) is 0 Å². The molecule has 0 amide bonds. The molecule has 0 saturated heterocycles. The normalized spacial score (nSPS) is 15.1. The molecule has 7 heteroatoms. The molecule has 0 aliphatic rings. The van der Waals surface area contributed by atoms with E-state index in [1.54, 1.807) is 6.07 Å². The van der Waals surface area contributed by atoms with Crippen LogP contribution in [-0.4, -0.2) is 21.7 Å². The van der Waals surface area contributed by atoms with Crippen LogP contribution in [-0.2, 0) is 21.2 Å². The molecular formula is C12H18O5S2. The number of rotatable bonds is 7. The van der Waals surface area contributed by atoms with E-state index < -0.39 is 26.4 Å². The van der Waals surface area contributed by atoms with Gasteiger partial charge in [-0.05, 0) is 24.1 Å². The number of hydrogen-bond acceptors (Lipinski definition) is 3. The predicted molar refractivity (Wildman–Crippen MR) is 73.9 cm³/mol. The van der Waals surface area contributed by atoms with Crippen LogP contribution in [0.15, 0.2) is 29.2 Å². The molecule has 0 saturated carbocycles. The van der Waals surface area contributed by atoms with Gasteiger partial charge >= 0.3 is 0 Å². The Bertz CT molecular complexity index is 539. The molecule has 2 unspecified atom stereocenters. The predicted octanol–water partition coefficient (Wildman–Crippen LogP) is 2.78. The van der Waals surface area contributed by atoms with Gasteiger partial charge in [0.05, 0.1) is 10.1 Å². The molecule has 0 aliphatic heterocycles. The van der Waals surface area contributed by atoms with Gasteiger partial charge in [-0.2, -0.15) is 8.42 Å². The van der Waals surface area contributed by atoms with Gasteiger partial charge in [0, 0.05) is 0 Å². The van der Waals surface area contributed by atoms with Gasteiger partial charge in [-0.3, -0.25) is 4.55 Å². The summed E-state index contributed by atoms with van der Waals surface area (Å²) < 4.78 is 51.8. The fourth-order valence-corrected chi connectivity index (χ4v) is 3.12. The second-order valence-electron chi connectivity index (χ2n) is 4.31. The Morgan fingerprint density at radius 3 is 2.53 bits per heavy atom. The van der Waals surface area contributed by atoms with Crippen LogP contribution >= 0.6 is 0 Å². The molecule has 0 aromatic heterocycles. The second kappa shape index (κ2) is 7.14. The summed E-state index contributed by atoms with van der Waals surface area (Å²) in [5, 5.41) is -0.631.